The van der Waals surface area contributed by atoms with Crippen molar-refractivity contribution in [1.82, 2.24) is 10.7 Å². The predicted molar refractivity (Wildman–Crippen MR) is 113 cm³/mol. The van der Waals surface area contributed by atoms with Crippen LogP contribution in [-0.2, 0) is 0 Å². The average Bonchev–Trinajstić information content (AvgIpc) is 2.75. The maximum atomic E-state index is 12.5. The van der Waals surface area contributed by atoms with Crippen molar-refractivity contribution in [3.05, 3.63) is 106 Å². The number of hydrogen-bond acceptors (Lipinski definition) is 3. The Bertz CT molecular complexity index is 989. The second-order valence-electron chi connectivity index (χ2n) is 5.89. The minimum atomic E-state index is -0.314. The van der Waals surface area contributed by atoms with Gasteiger partial charge in [0.1, 0.15) is 0 Å². The number of rotatable bonds is 6. The van der Waals surface area contributed by atoms with Crippen LogP contribution in [0.25, 0.3) is 0 Å². The third kappa shape index (κ3) is 5.14. The van der Waals surface area contributed by atoms with E-state index in [-0.39, 0.29) is 18.4 Å². The molecule has 0 aliphatic carbocycles. The molecule has 5 nitrogen and oxygen atoms in total. The highest BCUT2D eigenvalue weighted by atomic mass is 79.9. The van der Waals surface area contributed by atoms with Crippen molar-refractivity contribution >= 4 is 33.5 Å². The molecule has 3 aromatic rings. The van der Waals surface area contributed by atoms with Crippen molar-refractivity contribution in [2.24, 2.45) is 5.10 Å². The minimum Gasteiger partial charge on any atom is -0.346 e. The zero-order valence-corrected chi connectivity index (χ0v) is 16.5. The fraction of sp³-hybridized carbons (Fsp3) is 0.0455. The fourth-order valence-electron chi connectivity index (χ4n) is 2.51. The van der Waals surface area contributed by atoms with Gasteiger partial charge in [0.25, 0.3) is 11.8 Å². The third-order valence-electron chi connectivity index (χ3n) is 3.97. The van der Waals surface area contributed by atoms with Gasteiger partial charge in [-0.25, -0.2) is 5.43 Å². The van der Waals surface area contributed by atoms with Crippen LogP contribution in [0.1, 0.15) is 26.3 Å². The largest absolute Gasteiger partial charge is 0.346 e. The van der Waals surface area contributed by atoms with E-state index in [0.717, 1.165) is 5.56 Å². The number of nitrogens with one attached hydrogen (secondary N) is 2. The van der Waals surface area contributed by atoms with E-state index in [1.807, 2.05) is 42.5 Å². The van der Waals surface area contributed by atoms with Gasteiger partial charge in [-0.05, 0) is 45.8 Å². The maximum absolute atomic E-state index is 12.5. The summed E-state index contributed by atoms with van der Waals surface area (Å²) in [4.78, 5) is 24.8. The third-order valence-corrected chi connectivity index (χ3v) is 4.66. The number of halogens is 1. The summed E-state index contributed by atoms with van der Waals surface area (Å²) >= 11 is 3.38. The van der Waals surface area contributed by atoms with Crippen LogP contribution in [0.15, 0.2) is 94.5 Å². The molecule has 0 aromatic heterocycles. The van der Waals surface area contributed by atoms with Crippen LogP contribution in [0.4, 0.5) is 0 Å². The lowest BCUT2D eigenvalue weighted by Gasteiger charge is -2.10. The number of hydrazone groups is 1. The summed E-state index contributed by atoms with van der Waals surface area (Å²) in [5.74, 6) is -0.545. The summed E-state index contributed by atoms with van der Waals surface area (Å²) < 4.78 is 0.711. The second-order valence-corrected chi connectivity index (χ2v) is 6.75. The number of benzene rings is 3. The number of carbonyl (C=O) groups excluding carboxylic acids is 2. The van der Waals surface area contributed by atoms with Crippen LogP contribution in [0.3, 0.4) is 0 Å². The molecule has 0 atom stereocenters. The van der Waals surface area contributed by atoms with Crippen molar-refractivity contribution in [3.8, 4) is 0 Å². The maximum Gasteiger partial charge on any atom is 0.271 e. The molecule has 0 aliphatic heterocycles. The minimum absolute atomic E-state index is 0.166. The van der Waals surface area contributed by atoms with Gasteiger partial charge in [-0.2, -0.15) is 5.10 Å². The summed E-state index contributed by atoms with van der Waals surface area (Å²) in [6.45, 7) is 0.166. The topological polar surface area (TPSA) is 70.6 Å². The number of amides is 2. The molecule has 6 heteroatoms. The van der Waals surface area contributed by atoms with Crippen LogP contribution in [0.2, 0.25) is 0 Å². The fourth-order valence-corrected chi connectivity index (χ4v) is 2.98. The van der Waals surface area contributed by atoms with E-state index in [0.29, 0.717) is 21.3 Å². The number of nitrogens with zero attached hydrogens (tertiary/aromatic N) is 1. The Labute approximate surface area is 171 Å². The van der Waals surface area contributed by atoms with Gasteiger partial charge in [0, 0.05) is 10.0 Å². The van der Waals surface area contributed by atoms with Gasteiger partial charge in [-0.1, -0.05) is 60.7 Å². The molecule has 2 N–H and O–H groups in total. The van der Waals surface area contributed by atoms with Crippen molar-refractivity contribution in [1.29, 1.82) is 0 Å². The van der Waals surface area contributed by atoms with E-state index in [1.165, 1.54) is 0 Å². The summed E-state index contributed by atoms with van der Waals surface area (Å²) in [6, 6.07) is 25.4. The SMILES string of the molecule is O=C(N/N=C(\CNC(=O)c1ccccc1Br)c1ccccc1)c1ccccc1. The second kappa shape index (κ2) is 9.62. The zero-order chi connectivity index (χ0) is 19.8. The van der Waals surface area contributed by atoms with Crippen molar-refractivity contribution in [2.75, 3.05) is 6.54 Å². The van der Waals surface area contributed by atoms with Gasteiger partial charge in [0.15, 0.2) is 0 Å². The monoisotopic (exact) mass is 435 g/mol. The molecule has 2 amide bonds. The molecule has 0 bridgehead atoms. The van der Waals surface area contributed by atoms with Crippen LogP contribution in [0.5, 0.6) is 0 Å². The van der Waals surface area contributed by atoms with Crippen LogP contribution in [0, 0.1) is 0 Å². The highest BCUT2D eigenvalue weighted by Crippen LogP contribution is 2.15. The first-order valence-electron chi connectivity index (χ1n) is 8.65. The molecule has 0 fully saturated rings. The average molecular weight is 436 g/mol. The molecule has 0 aliphatic rings. The standard InChI is InChI=1S/C22H18BrN3O2/c23-19-14-8-7-13-18(19)22(28)24-15-20(16-9-3-1-4-10-16)25-26-21(27)17-11-5-2-6-12-17/h1-14H,15H2,(H,24,28)(H,26,27)/b25-20+. The molecule has 0 spiro atoms. The highest BCUT2D eigenvalue weighted by Gasteiger charge is 2.12. The van der Waals surface area contributed by atoms with E-state index in [1.54, 1.807) is 42.5 Å². The lowest BCUT2D eigenvalue weighted by molar-refractivity contribution is 0.0951. The summed E-state index contributed by atoms with van der Waals surface area (Å²) in [5.41, 5.74) is 4.96. The van der Waals surface area contributed by atoms with Crippen LogP contribution < -0.4 is 10.7 Å². The van der Waals surface area contributed by atoms with Gasteiger partial charge in [-0.3, -0.25) is 9.59 Å². The number of carbonyl (C=O) groups is 2. The first kappa shape index (κ1) is 19.5. The van der Waals surface area contributed by atoms with Crippen LogP contribution >= 0.6 is 15.9 Å². The van der Waals surface area contributed by atoms with Gasteiger partial charge < -0.3 is 5.32 Å². The van der Waals surface area contributed by atoms with Gasteiger partial charge in [0.05, 0.1) is 17.8 Å². The lowest BCUT2D eigenvalue weighted by Crippen LogP contribution is -2.32. The lowest BCUT2D eigenvalue weighted by atomic mass is 10.1. The van der Waals surface area contributed by atoms with Crippen molar-refractivity contribution in [2.45, 2.75) is 0 Å². The molecule has 0 saturated heterocycles. The van der Waals surface area contributed by atoms with E-state index < -0.39 is 0 Å². The number of hydrogen-bond donors (Lipinski definition) is 2. The van der Waals surface area contributed by atoms with Gasteiger partial charge in [-0.15, -0.1) is 0 Å². The van der Waals surface area contributed by atoms with E-state index in [9.17, 15) is 9.59 Å². The first-order valence-corrected chi connectivity index (χ1v) is 9.44. The smallest absolute Gasteiger partial charge is 0.271 e. The Kier molecular flexibility index (Phi) is 6.70. The van der Waals surface area contributed by atoms with Crippen LogP contribution in [-0.4, -0.2) is 24.1 Å². The van der Waals surface area contributed by atoms with Crippen molar-refractivity contribution < 1.29 is 9.59 Å². The Hall–Kier alpha value is -3.25. The highest BCUT2D eigenvalue weighted by molar-refractivity contribution is 9.10. The van der Waals surface area contributed by atoms with Gasteiger partial charge >= 0.3 is 0 Å². The van der Waals surface area contributed by atoms with E-state index in [4.69, 9.17) is 0 Å². The Morgan fingerprint density at radius 1 is 0.750 bits per heavy atom. The molecular formula is C22H18BrN3O2. The summed E-state index contributed by atoms with van der Waals surface area (Å²) in [5, 5.41) is 7.10. The molecular weight excluding hydrogens is 418 g/mol. The van der Waals surface area contributed by atoms with Gasteiger partial charge in [0.2, 0.25) is 0 Å². The van der Waals surface area contributed by atoms with Crippen molar-refractivity contribution in [3.63, 3.8) is 0 Å². The Morgan fingerprint density at radius 3 is 1.96 bits per heavy atom. The molecule has 3 rings (SSSR count). The first-order chi connectivity index (χ1) is 13.6. The molecule has 140 valence electrons. The molecule has 0 saturated carbocycles. The summed E-state index contributed by atoms with van der Waals surface area (Å²) in [7, 11) is 0. The Balaban J connectivity index is 1.75. The zero-order valence-electron chi connectivity index (χ0n) is 14.9. The normalized spacial score (nSPS) is 11.0. The van der Waals surface area contributed by atoms with E-state index in [2.05, 4.69) is 31.8 Å². The quantitative estimate of drug-likeness (QED) is 0.453. The molecule has 0 heterocycles. The Morgan fingerprint density at radius 2 is 1.32 bits per heavy atom. The predicted octanol–water partition coefficient (Wildman–Crippen LogP) is 4.01. The molecule has 28 heavy (non-hydrogen) atoms. The summed E-state index contributed by atoms with van der Waals surface area (Å²) in [6.07, 6.45) is 0. The molecule has 3 aromatic carbocycles. The molecule has 0 unspecified atom stereocenters. The molecule has 0 radical (unpaired) electrons. The van der Waals surface area contributed by atoms with E-state index >= 15 is 0 Å².